The summed E-state index contributed by atoms with van der Waals surface area (Å²) in [6.45, 7) is 6.12. The maximum atomic E-state index is 13.0. The van der Waals surface area contributed by atoms with Gasteiger partial charge in [-0.2, -0.15) is 9.40 Å². The molecule has 1 saturated heterocycles. The molecular weight excluding hydrogens is 448 g/mol. The van der Waals surface area contributed by atoms with Crippen molar-refractivity contribution in [3.63, 3.8) is 0 Å². The number of sulfonamides is 1. The van der Waals surface area contributed by atoms with Crippen LogP contribution in [-0.2, 0) is 10.0 Å². The summed E-state index contributed by atoms with van der Waals surface area (Å²) in [4.78, 5) is 14.9. The maximum absolute atomic E-state index is 13.0. The lowest BCUT2D eigenvalue weighted by atomic mass is 9.90. The molecule has 0 spiro atoms. The molecule has 32 heavy (non-hydrogen) atoms. The first kappa shape index (κ1) is 22.8. The maximum Gasteiger partial charge on any atom is 0.257 e. The fourth-order valence-corrected chi connectivity index (χ4v) is 5.88. The molecule has 1 aliphatic rings. The van der Waals surface area contributed by atoms with Crippen LogP contribution >= 0.6 is 11.6 Å². The van der Waals surface area contributed by atoms with E-state index >= 15 is 0 Å². The van der Waals surface area contributed by atoms with E-state index < -0.39 is 10.0 Å². The normalized spacial score (nSPS) is 15.8. The molecule has 0 atom stereocenters. The average molecular weight is 475 g/mol. The number of amides is 1. The summed E-state index contributed by atoms with van der Waals surface area (Å²) in [6.07, 6.45) is 4.94. The lowest BCUT2D eigenvalue weighted by Crippen LogP contribution is -2.37. The molecule has 2 aromatic heterocycles. The molecule has 3 heterocycles. The largest absolute Gasteiger partial charge is 0.339 e. The highest BCUT2D eigenvalue weighted by Gasteiger charge is 2.30. The van der Waals surface area contributed by atoms with Crippen molar-refractivity contribution in [3.05, 3.63) is 64.9 Å². The van der Waals surface area contributed by atoms with Crippen LogP contribution in [0.15, 0.2) is 53.7 Å². The van der Waals surface area contributed by atoms with E-state index in [4.69, 9.17) is 11.6 Å². The zero-order chi connectivity index (χ0) is 22.9. The highest BCUT2D eigenvalue weighted by atomic mass is 35.5. The minimum atomic E-state index is -3.53. The number of pyridine rings is 1. The highest BCUT2D eigenvalue weighted by molar-refractivity contribution is 7.89. The molecule has 1 amide bonds. The zero-order valence-corrected chi connectivity index (χ0v) is 19.8. The van der Waals surface area contributed by atoms with E-state index in [2.05, 4.69) is 5.10 Å². The standard InChI is InChI=1S/C23H27ClN4O3S/c1-3-26(4-2)23(29)21-16-25-28-14-11-18(15-22(21)28)17-9-12-27(13-10-17)32(30,31)20-7-5-19(24)6-8-20/h5-8,11,14-17H,3-4,9-10,12-13H2,1-2H3. The minimum Gasteiger partial charge on any atom is -0.339 e. The summed E-state index contributed by atoms with van der Waals surface area (Å²) in [6, 6.07) is 10.3. The summed E-state index contributed by atoms with van der Waals surface area (Å²) in [5.41, 5.74) is 2.49. The summed E-state index contributed by atoms with van der Waals surface area (Å²) in [5, 5.41) is 4.84. The second-order valence-electron chi connectivity index (χ2n) is 7.96. The first-order valence-corrected chi connectivity index (χ1v) is 12.7. The Kier molecular flexibility index (Phi) is 6.55. The van der Waals surface area contributed by atoms with Crippen LogP contribution < -0.4 is 0 Å². The smallest absolute Gasteiger partial charge is 0.257 e. The van der Waals surface area contributed by atoms with E-state index in [1.807, 2.05) is 32.2 Å². The third-order valence-electron chi connectivity index (χ3n) is 6.20. The van der Waals surface area contributed by atoms with Crippen molar-refractivity contribution < 1.29 is 13.2 Å². The monoisotopic (exact) mass is 474 g/mol. The number of nitrogens with zero attached hydrogens (tertiary/aromatic N) is 4. The molecule has 1 aromatic carbocycles. The molecule has 9 heteroatoms. The number of carbonyl (C=O) groups excluding carboxylic acids is 1. The molecule has 1 aliphatic heterocycles. The SMILES string of the molecule is CCN(CC)C(=O)c1cnn2ccc(C3CCN(S(=O)(=O)c4ccc(Cl)cc4)CC3)cc12. The van der Waals surface area contributed by atoms with E-state index in [-0.39, 0.29) is 16.7 Å². The van der Waals surface area contributed by atoms with E-state index in [0.717, 1.165) is 23.9 Å². The molecule has 0 radical (unpaired) electrons. The molecular formula is C23H27ClN4O3S. The summed E-state index contributed by atoms with van der Waals surface area (Å²) in [7, 11) is -3.53. The molecule has 3 aromatic rings. The number of carbonyl (C=O) groups is 1. The highest BCUT2D eigenvalue weighted by Crippen LogP contribution is 2.32. The van der Waals surface area contributed by atoms with Crippen LogP contribution in [0.3, 0.4) is 0 Å². The molecule has 0 aliphatic carbocycles. The van der Waals surface area contributed by atoms with Gasteiger partial charge in [0.15, 0.2) is 0 Å². The third kappa shape index (κ3) is 4.27. The Morgan fingerprint density at radius 2 is 1.78 bits per heavy atom. The number of rotatable bonds is 6. The Labute approximate surface area is 193 Å². The van der Waals surface area contributed by atoms with Gasteiger partial charge >= 0.3 is 0 Å². The van der Waals surface area contributed by atoms with Crippen LogP contribution in [0, 0.1) is 0 Å². The molecule has 170 valence electrons. The van der Waals surface area contributed by atoms with Gasteiger partial charge in [0.05, 0.1) is 22.2 Å². The Morgan fingerprint density at radius 1 is 1.12 bits per heavy atom. The van der Waals surface area contributed by atoms with Gasteiger partial charge in [0.2, 0.25) is 10.0 Å². The molecule has 0 saturated carbocycles. The van der Waals surface area contributed by atoms with Gasteiger partial charge in [-0.25, -0.2) is 12.9 Å². The second-order valence-corrected chi connectivity index (χ2v) is 10.3. The van der Waals surface area contributed by atoms with Gasteiger partial charge < -0.3 is 4.90 Å². The van der Waals surface area contributed by atoms with Gasteiger partial charge in [-0.1, -0.05) is 11.6 Å². The fourth-order valence-electron chi connectivity index (χ4n) is 4.28. The number of fused-ring (bicyclic) bond motifs is 1. The molecule has 4 rings (SSSR count). The van der Waals surface area contributed by atoms with Crippen molar-refractivity contribution in [3.8, 4) is 0 Å². The fraction of sp³-hybridized carbons (Fsp3) is 0.391. The van der Waals surface area contributed by atoms with Crippen molar-refractivity contribution in [2.24, 2.45) is 0 Å². The predicted octanol–water partition coefficient (Wildman–Crippen LogP) is 4.04. The number of hydrogen-bond acceptors (Lipinski definition) is 4. The summed E-state index contributed by atoms with van der Waals surface area (Å²) < 4.78 is 29.2. The van der Waals surface area contributed by atoms with Gasteiger partial charge in [-0.05, 0) is 74.6 Å². The molecule has 1 fully saturated rings. The lowest BCUT2D eigenvalue weighted by Gasteiger charge is -2.31. The number of benzene rings is 1. The minimum absolute atomic E-state index is 0.0222. The topological polar surface area (TPSA) is 75.0 Å². The Hall–Kier alpha value is -2.42. The zero-order valence-electron chi connectivity index (χ0n) is 18.2. The van der Waals surface area contributed by atoms with E-state index in [0.29, 0.717) is 36.8 Å². The molecule has 0 unspecified atom stereocenters. The van der Waals surface area contributed by atoms with Crippen molar-refractivity contribution in [2.75, 3.05) is 26.2 Å². The van der Waals surface area contributed by atoms with E-state index in [1.54, 1.807) is 44.2 Å². The number of piperidine rings is 1. The van der Waals surface area contributed by atoms with Crippen LogP contribution in [0.1, 0.15) is 48.5 Å². The second kappa shape index (κ2) is 9.21. The number of aromatic nitrogens is 2. The third-order valence-corrected chi connectivity index (χ3v) is 8.37. The average Bonchev–Trinajstić information content (AvgIpc) is 3.23. The van der Waals surface area contributed by atoms with Gasteiger partial charge in [0, 0.05) is 37.4 Å². The van der Waals surface area contributed by atoms with Crippen molar-refractivity contribution in [1.29, 1.82) is 0 Å². The Bertz CT molecular complexity index is 1210. The van der Waals surface area contributed by atoms with Crippen LogP contribution in [-0.4, -0.2) is 59.3 Å². The Morgan fingerprint density at radius 3 is 2.41 bits per heavy atom. The van der Waals surface area contributed by atoms with Crippen LogP contribution in [0.25, 0.3) is 5.52 Å². The summed E-state index contributed by atoms with van der Waals surface area (Å²) >= 11 is 5.89. The lowest BCUT2D eigenvalue weighted by molar-refractivity contribution is 0.0775. The molecule has 0 bridgehead atoms. The van der Waals surface area contributed by atoms with E-state index in [1.165, 1.54) is 0 Å². The van der Waals surface area contributed by atoms with E-state index in [9.17, 15) is 13.2 Å². The van der Waals surface area contributed by atoms with Gasteiger partial charge in [-0.15, -0.1) is 0 Å². The first-order chi connectivity index (χ1) is 15.3. The van der Waals surface area contributed by atoms with Crippen molar-refractivity contribution >= 4 is 33.0 Å². The van der Waals surface area contributed by atoms with Crippen molar-refractivity contribution in [1.82, 2.24) is 18.8 Å². The van der Waals surface area contributed by atoms with Crippen LogP contribution in [0.2, 0.25) is 5.02 Å². The number of halogens is 1. The van der Waals surface area contributed by atoms with Gasteiger partial charge in [-0.3, -0.25) is 4.79 Å². The van der Waals surface area contributed by atoms with Gasteiger partial charge in [0.25, 0.3) is 5.91 Å². The molecule has 7 nitrogen and oxygen atoms in total. The number of hydrogen-bond donors (Lipinski definition) is 0. The molecule has 0 N–H and O–H groups in total. The van der Waals surface area contributed by atoms with Crippen molar-refractivity contribution in [2.45, 2.75) is 37.5 Å². The van der Waals surface area contributed by atoms with Gasteiger partial charge in [0.1, 0.15) is 0 Å². The quantitative estimate of drug-likeness (QED) is 0.540. The Balaban J connectivity index is 1.52. The summed E-state index contributed by atoms with van der Waals surface area (Å²) in [5.74, 6) is 0.203. The van der Waals surface area contributed by atoms with Crippen LogP contribution in [0.4, 0.5) is 0 Å². The van der Waals surface area contributed by atoms with Crippen LogP contribution in [0.5, 0.6) is 0 Å². The predicted molar refractivity (Wildman–Crippen MR) is 125 cm³/mol. The first-order valence-electron chi connectivity index (χ1n) is 10.9.